The highest BCUT2D eigenvalue weighted by molar-refractivity contribution is 5.02. The summed E-state index contributed by atoms with van der Waals surface area (Å²) in [4.78, 5) is 6.58. The standard InChI is InChI=1S/C11H18N2/c1-10(2)8-13(3)9-11-6-4-5-7-12-11/h4-7,10H,8-9H2,1-3H3. The molecule has 1 aromatic rings. The van der Waals surface area contributed by atoms with Gasteiger partial charge in [-0.05, 0) is 25.1 Å². The Hall–Kier alpha value is -0.890. The highest BCUT2D eigenvalue weighted by Crippen LogP contribution is 2.01. The maximum atomic E-state index is 4.28. The average molecular weight is 178 g/mol. The summed E-state index contributed by atoms with van der Waals surface area (Å²) in [5, 5.41) is 0. The number of pyridine rings is 1. The number of aromatic nitrogens is 1. The molecule has 2 nitrogen and oxygen atoms in total. The molecule has 0 spiro atoms. The third-order valence-electron chi connectivity index (χ3n) is 1.83. The minimum absolute atomic E-state index is 0.716. The van der Waals surface area contributed by atoms with Gasteiger partial charge in [0.1, 0.15) is 0 Å². The van der Waals surface area contributed by atoms with Gasteiger partial charge in [-0.1, -0.05) is 19.9 Å². The zero-order chi connectivity index (χ0) is 9.68. The Morgan fingerprint density at radius 2 is 2.15 bits per heavy atom. The van der Waals surface area contributed by atoms with Crippen molar-refractivity contribution in [3.8, 4) is 0 Å². The summed E-state index contributed by atoms with van der Waals surface area (Å²) in [6.45, 7) is 6.53. The van der Waals surface area contributed by atoms with Crippen LogP contribution in [0.2, 0.25) is 0 Å². The Kier molecular flexibility index (Phi) is 3.90. The molecule has 0 amide bonds. The second-order valence-corrected chi connectivity index (χ2v) is 3.91. The third-order valence-corrected chi connectivity index (χ3v) is 1.83. The predicted octanol–water partition coefficient (Wildman–Crippen LogP) is 2.17. The highest BCUT2D eigenvalue weighted by atomic mass is 15.1. The first-order valence-corrected chi connectivity index (χ1v) is 4.77. The van der Waals surface area contributed by atoms with E-state index in [4.69, 9.17) is 0 Å². The van der Waals surface area contributed by atoms with Crippen LogP contribution in [0.3, 0.4) is 0 Å². The van der Waals surface area contributed by atoms with Crippen LogP contribution in [0.4, 0.5) is 0 Å². The summed E-state index contributed by atoms with van der Waals surface area (Å²) in [5.41, 5.74) is 1.14. The second-order valence-electron chi connectivity index (χ2n) is 3.91. The van der Waals surface area contributed by atoms with E-state index in [-0.39, 0.29) is 0 Å². The molecule has 0 aliphatic rings. The summed E-state index contributed by atoms with van der Waals surface area (Å²) in [5.74, 6) is 0.716. The largest absolute Gasteiger partial charge is 0.300 e. The third kappa shape index (κ3) is 4.04. The Balaban J connectivity index is 2.41. The van der Waals surface area contributed by atoms with Gasteiger partial charge in [0.25, 0.3) is 0 Å². The molecular formula is C11H18N2. The molecule has 0 bridgehead atoms. The number of hydrogen-bond donors (Lipinski definition) is 0. The Bertz CT molecular complexity index is 231. The van der Waals surface area contributed by atoms with E-state index in [0.717, 1.165) is 18.8 Å². The minimum atomic E-state index is 0.716. The smallest absolute Gasteiger partial charge is 0.0543 e. The molecule has 0 saturated carbocycles. The molecule has 0 saturated heterocycles. The second kappa shape index (κ2) is 4.97. The van der Waals surface area contributed by atoms with Crippen LogP contribution in [0.1, 0.15) is 19.5 Å². The highest BCUT2D eigenvalue weighted by Gasteiger charge is 2.02. The zero-order valence-electron chi connectivity index (χ0n) is 8.70. The van der Waals surface area contributed by atoms with E-state index >= 15 is 0 Å². The van der Waals surface area contributed by atoms with Crippen LogP contribution >= 0.6 is 0 Å². The van der Waals surface area contributed by atoms with Crippen LogP contribution in [0.5, 0.6) is 0 Å². The van der Waals surface area contributed by atoms with Gasteiger partial charge in [-0.15, -0.1) is 0 Å². The number of hydrogen-bond acceptors (Lipinski definition) is 2. The van der Waals surface area contributed by atoms with Gasteiger partial charge in [-0.25, -0.2) is 0 Å². The van der Waals surface area contributed by atoms with Crippen molar-refractivity contribution < 1.29 is 0 Å². The lowest BCUT2D eigenvalue weighted by Crippen LogP contribution is -2.23. The molecule has 0 fully saturated rings. The Morgan fingerprint density at radius 1 is 1.38 bits per heavy atom. The molecule has 0 aromatic carbocycles. The molecule has 0 aliphatic carbocycles. The molecular weight excluding hydrogens is 160 g/mol. The molecule has 0 radical (unpaired) electrons. The first kappa shape index (κ1) is 10.2. The summed E-state index contributed by atoms with van der Waals surface area (Å²) >= 11 is 0. The summed E-state index contributed by atoms with van der Waals surface area (Å²) in [7, 11) is 2.13. The van der Waals surface area contributed by atoms with Crippen LogP contribution in [-0.2, 0) is 6.54 Å². The molecule has 72 valence electrons. The summed E-state index contributed by atoms with van der Waals surface area (Å²) < 4.78 is 0. The minimum Gasteiger partial charge on any atom is -0.300 e. The van der Waals surface area contributed by atoms with Crippen molar-refractivity contribution in [1.82, 2.24) is 9.88 Å². The SMILES string of the molecule is CC(C)CN(C)Cc1ccccn1. The molecule has 0 aliphatic heterocycles. The lowest BCUT2D eigenvalue weighted by molar-refractivity contribution is 0.285. The van der Waals surface area contributed by atoms with Crippen molar-refractivity contribution in [2.75, 3.05) is 13.6 Å². The number of rotatable bonds is 4. The van der Waals surface area contributed by atoms with Crippen LogP contribution < -0.4 is 0 Å². The fourth-order valence-electron chi connectivity index (χ4n) is 1.46. The van der Waals surface area contributed by atoms with Gasteiger partial charge >= 0.3 is 0 Å². The van der Waals surface area contributed by atoms with Crippen LogP contribution in [0.25, 0.3) is 0 Å². The van der Waals surface area contributed by atoms with Crippen LogP contribution in [0.15, 0.2) is 24.4 Å². The van der Waals surface area contributed by atoms with E-state index in [1.807, 2.05) is 18.3 Å². The maximum Gasteiger partial charge on any atom is 0.0543 e. The predicted molar refractivity (Wildman–Crippen MR) is 55.4 cm³/mol. The molecule has 0 unspecified atom stereocenters. The van der Waals surface area contributed by atoms with Gasteiger partial charge in [0, 0.05) is 19.3 Å². The summed E-state index contributed by atoms with van der Waals surface area (Å²) in [6.07, 6.45) is 1.85. The molecule has 1 aromatic heterocycles. The van der Waals surface area contributed by atoms with Crippen LogP contribution in [0, 0.1) is 5.92 Å². The normalized spacial score (nSPS) is 11.2. The fourth-order valence-corrected chi connectivity index (χ4v) is 1.46. The topological polar surface area (TPSA) is 16.1 Å². The fraction of sp³-hybridized carbons (Fsp3) is 0.545. The van der Waals surface area contributed by atoms with E-state index in [1.54, 1.807) is 0 Å². The monoisotopic (exact) mass is 178 g/mol. The molecule has 13 heavy (non-hydrogen) atoms. The van der Waals surface area contributed by atoms with Crippen molar-refractivity contribution in [3.05, 3.63) is 30.1 Å². The van der Waals surface area contributed by atoms with Crippen molar-refractivity contribution in [3.63, 3.8) is 0 Å². The van der Waals surface area contributed by atoms with E-state index in [0.29, 0.717) is 5.92 Å². The van der Waals surface area contributed by atoms with Crippen molar-refractivity contribution in [2.24, 2.45) is 5.92 Å². The molecule has 1 rings (SSSR count). The van der Waals surface area contributed by atoms with E-state index in [2.05, 4.69) is 36.8 Å². The van der Waals surface area contributed by atoms with Crippen molar-refractivity contribution in [1.29, 1.82) is 0 Å². The van der Waals surface area contributed by atoms with E-state index < -0.39 is 0 Å². The molecule has 1 heterocycles. The molecule has 0 N–H and O–H groups in total. The Labute approximate surface area is 80.6 Å². The van der Waals surface area contributed by atoms with E-state index in [1.165, 1.54) is 0 Å². The van der Waals surface area contributed by atoms with Gasteiger partial charge in [-0.2, -0.15) is 0 Å². The molecule has 2 heteroatoms. The van der Waals surface area contributed by atoms with Crippen molar-refractivity contribution >= 4 is 0 Å². The summed E-state index contributed by atoms with van der Waals surface area (Å²) in [6, 6.07) is 6.05. The van der Waals surface area contributed by atoms with Gasteiger partial charge in [0.05, 0.1) is 5.69 Å². The maximum absolute atomic E-state index is 4.28. The van der Waals surface area contributed by atoms with Crippen LogP contribution in [-0.4, -0.2) is 23.5 Å². The first-order chi connectivity index (χ1) is 6.18. The van der Waals surface area contributed by atoms with E-state index in [9.17, 15) is 0 Å². The van der Waals surface area contributed by atoms with Gasteiger partial charge in [0.15, 0.2) is 0 Å². The molecule has 0 atom stereocenters. The van der Waals surface area contributed by atoms with Gasteiger partial charge < -0.3 is 4.90 Å². The first-order valence-electron chi connectivity index (χ1n) is 4.77. The average Bonchev–Trinajstić information content (AvgIpc) is 2.04. The lowest BCUT2D eigenvalue weighted by atomic mass is 10.2. The lowest BCUT2D eigenvalue weighted by Gasteiger charge is -2.17. The van der Waals surface area contributed by atoms with Gasteiger partial charge in [-0.3, -0.25) is 4.98 Å². The Morgan fingerprint density at radius 3 is 2.69 bits per heavy atom. The number of nitrogens with zero attached hydrogens (tertiary/aromatic N) is 2. The van der Waals surface area contributed by atoms with Gasteiger partial charge in [0.2, 0.25) is 0 Å². The zero-order valence-corrected chi connectivity index (χ0v) is 8.70. The quantitative estimate of drug-likeness (QED) is 0.702. The van der Waals surface area contributed by atoms with Crippen molar-refractivity contribution in [2.45, 2.75) is 20.4 Å².